The molecule has 0 unspecified atom stereocenters. The molecule has 0 radical (unpaired) electrons. The summed E-state index contributed by atoms with van der Waals surface area (Å²) in [5.74, 6) is -0.327. The molecule has 2 N–H and O–H groups in total. The van der Waals surface area contributed by atoms with Crippen molar-refractivity contribution in [2.45, 2.75) is 13.8 Å². The van der Waals surface area contributed by atoms with E-state index >= 15 is 0 Å². The van der Waals surface area contributed by atoms with E-state index in [2.05, 4.69) is 15.8 Å². The molecule has 0 aliphatic rings. The molecular formula is C24H22N4O5. The van der Waals surface area contributed by atoms with Crippen molar-refractivity contribution in [1.29, 1.82) is 0 Å². The summed E-state index contributed by atoms with van der Waals surface area (Å²) in [6.07, 6.45) is 1.42. The van der Waals surface area contributed by atoms with Gasteiger partial charge in [-0.1, -0.05) is 18.2 Å². The predicted molar refractivity (Wildman–Crippen MR) is 125 cm³/mol. The lowest BCUT2D eigenvalue weighted by Gasteiger charge is -2.10. The van der Waals surface area contributed by atoms with Crippen LogP contribution >= 0.6 is 0 Å². The van der Waals surface area contributed by atoms with Crippen LogP contribution in [0, 0.1) is 24.0 Å². The average Bonchev–Trinajstić information content (AvgIpc) is 2.81. The fourth-order valence-electron chi connectivity index (χ4n) is 2.85. The van der Waals surface area contributed by atoms with Crippen LogP contribution < -0.4 is 15.5 Å². The fourth-order valence-corrected chi connectivity index (χ4v) is 2.85. The van der Waals surface area contributed by atoms with Crippen molar-refractivity contribution < 1.29 is 19.2 Å². The smallest absolute Gasteiger partial charge is 0.271 e. The van der Waals surface area contributed by atoms with E-state index in [0.717, 1.165) is 16.8 Å². The molecule has 3 aromatic rings. The number of ether oxygens (including phenoxy) is 1. The summed E-state index contributed by atoms with van der Waals surface area (Å²) >= 11 is 0. The summed E-state index contributed by atoms with van der Waals surface area (Å²) in [4.78, 5) is 34.5. The van der Waals surface area contributed by atoms with Crippen molar-refractivity contribution in [2.75, 3.05) is 11.9 Å². The van der Waals surface area contributed by atoms with Crippen molar-refractivity contribution in [2.24, 2.45) is 5.10 Å². The fraction of sp³-hybridized carbons (Fsp3) is 0.125. The average molecular weight is 446 g/mol. The van der Waals surface area contributed by atoms with Crippen LogP contribution in [0.25, 0.3) is 0 Å². The normalized spacial score (nSPS) is 10.6. The van der Waals surface area contributed by atoms with Crippen molar-refractivity contribution in [3.8, 4) is 5.75 Å². The molecule has 0 bridgehead atoms. The van der Waals surface area contributed by atoms with Crippen LogP contribution in [0.5, 0.6) is 5.75 Å². The molecule has 0 fully saturated rings. The van der Waals surface area contributed by atoms with Crippen molar-refractivity contribution in [1.82, 2.24) is 5.43 Å². The number of nitrogens with zero attached hydrogens (tertiary/aromatic N) is 2. The van der Waals surface area contributed by atoms with Crippen LogP contribution in [0.15, 0.2) is 71.8 Å². The first-order valence-electron chi connectivity index (χ1n) is 9.99. The molecule has 2 amide bonds. The minimum absolute atomic E-state index is 0.129. The molecule has 33 heavy (non-hydrogen) atoms. The number of nitro groups is 1. The van der Waals surface area contributed by atoms with Gasteiger partial charge in [-0.2, -0.15) is 5.10 Å². The molecule has 0 spiro atoms. The van der Waals surface area contributed by atoms with Crippen molar-refractivity contribution in [3.63, 3.8) is 0 Å². The van der Waals surface area contributed by atoms with Gasteiger partial charge in [0.15, 0.2) is 6.61 Å². The lowest BCUT2D eigenvalue weighted by molar-refractivity contribution is -0.384. The van der Waals surface area contributed by atoms with Gasteiger partial charge < -0.3 is 10.1 Å². The van der Waals surface area contributed by atoms with Crippen LogP contribution in [0.4, 0.5) is 11.4 Å². The maximum atomic E-state index is 12.2. The number of nitrogens with one attached hydrogen (secondary N) is 2. The number of nitro benzene ring substituents is 1. The lowest BCUT2D eigenvalue weighted by atomic mass is 10.1. The first-order chi connectivity index (χ1) is 15.8. The zero-order chi connectivity index (χ0) is 23.8. The Labute approximate surface area is 190 Å². The van der Waals surface area contributed by atoms with Crippen LogP contribution in [-0.4, -0.2) is 29.6 Å². The SMILES string of the molecule is Cc1ccc(C)c(NC(=O)COc2ccc(/C=N/NC(=O)c3cccc([N+](=O)[O-])c3)cc2)c1. The largest absolute Gasteiger partial charge is 0.484 e. The second-order valence-corrected chi connectivity index (χ2v) is 7.23. The molecular weight excluding hydrogens is 424 g/mol. The minimum atomic E-state index is -0.572. The van der Waals surface area contributed by atoms with E-state index in [1.165, 1.54) is 30.5 Å². The highest BCUT2D eigenvalue weighted by Crippen LogP contribution is 2.17. The van der Waals surface area contributed by atoms with Crippen LogP contribution in [0.1, 0.15) is 27.0 Å². The third-order valence-corrected chi connectivity index (χ3v) is 4.62. The molecule has 9 heteroatoms. The van der Waals surface area contributed by atoms with Crippen molar-refractivity contribution >= 4 is 29.4 Å². The Bertz CT molecular complexity index is 1210. The first-order valence-corrected chi connectivity index (χ1v) is 9.99. The molecule has 0 heterocycles. The highest BCUT2D eigenvalue weighted by Gasteiger charge is 2.10. The number of hydrogen-bond donors (Lipinski definition) is 2. The standard InChI is InChI=1S/C24H22N4O5/c1-16-6-7-17(2)22(12-16)26-23(29)15-33-21-10-8-18(9-11-21)14-25-27-24(30)19-4-3-5-20(13-19)28(31)32/h3-14H,15H2,1-2H3,(H,26,29)(H,27,30)/b25-14+. The maximum Gasteiger partial charge on any atom is 0.271 e. The van der Waals surface area contributed by atoms with E-state index in [1.807, 2.05) is 32.0 Å². The topological polar surface area (TPSA) is 123 Å². The Hall–Kier alpha value is -4.53. The molecule has 0 saturated carbocycles. The summed E-state index contributed by atoms with van der Waals surface area (Å²) in [7, 11) is 0. The second kappa shape index (κ2) is 10.7. The number of aryl methyl sites for hydroxylation is 2. The van der Waals surface area contributed by atoms with Crippen molar-refractivity contribution in [3.05, 3.63) is 99.1 Å². The summed E-state index contributed by atoms with van der Waals surface area (Å²) < 4.78 is 5.51. The van der Waals surface area contributed by atoms with Gasteiger partial charge in [0.2, 0.25) is 0 Å². The van der Waals surface area contributed by atoms with E-state index < -0.39 is 10.8 Å². The minimum Gasteiger partial charge on any atom is -0.484 e. The van der Waals surface area contributed by atoms with Gasteiger partial charge in [-0.25, -0.2) is 5.43 Å². The van der Waals surface area contributed by atoms with Gasteiger partial charge in [-0.3, -0.25) is 19.7 Å². The number of anilines is 1. The molecule has 3 rings (SSSR count). The molecule has 0 atom stereocenters. The molecule has 0 aliphatic carbocycles. The molecule has 0 saturated heterocycles. The molecule has 0 aromatic heterocycles. The summed E-state index contributed by atoms with van der Waals surface area (Å²) in [5.41, 5.74) is 5.73. The van der Waals surface area contributed by atoms with E-state index in [4.69, 9.17) is 4.74 Å². The van der Waals surface area contributed by atoms with E-state index in [0.29, 0.717) is 11.3 Å². The summed E-state index contributed by atoms with van der Waals surface area (Å²) in [6.45, 7) is 3.73. The second-order valence-electron chi connectivity index (χ2n) is 7.23. The quantitative estimate of drug-likeness (QED) is 0.308. The molecule has 3 aromatic carbocycles. The number of hydrogen-bond acceptors (Lipinski definition) is 6. The van der Waals surface area contributed by atoms with E-state index in [9.17, 15) is 19.7 Å². The lowest BCUT2D eigenvalue weighted by Crippen LogP contribution is -2.20. The third-order valence-electron chi connectivity index (χ3n) is 4.62. The number of rotatable bonds is 8. The van der Waals surface area contributed by atoms with Gasteiger partial charge in [-0.15, -0.1) is 0 Å². The highest BCUT2D eigenvalue weighted by molar-refractivity contribution is 5.95. The zero-order valence-corrected chi connectivity index (χ0v) is 18.1. The number of amides is 2. The van der Waals surface area contributed by atoms with Gasteiger partial charge in [-0.05, 0) is 66.9 Å². The van der Waals surface area contributed by atoms with Gasteiger partial charge >= 0.3 is 0 Å². The van der Waals surface area contributed by atoms with Crippen LogP contribution in [0.2, 0.25) is 0 Å². The number of carbonyl (C=O) groups excluding carboxylic acids is 2. The maximum absolute atomic E-state index is 12.2. The number of benzene rings is 3. The van der Waals surface area contributed by atoms with E-state index in [-0.39, 0.29) is 23.8 Å². The van der Waals surface area contributed by atoms with Gasteiger partial charge in [0.1, 0.15) is 5.75 Å². The van der Waals surface area contributed by atoms with E-state index in [1.54, 1.807) is 24.3 Å². The first kappa shape index (κ1) is 23.1. The summed E-state index contributed by atoms with van der Waals surface area (Å²) in [6, 6.07) is 18.0. The monoisotopic (exact) mass is 446 g/mol. The van der Waals surface area contributed by atoms with Crippen LogP contribution in [0.3, 0.4) is 0 Å². The van der Waals surface area contributed by atoms with Crippen LogP contribution in [-0.2, 0) is 4.79 Å². The van der Waals surface area contributed by atoms with Gasteiger partial charge in [0.25, 0.3) is 17.5 Å². The predicted octanol–water partition coefficient (Wildman–Crippen LogP) is 3.99. The highest BCUT2D eigenvalue weighted by atomic mass is 16.6. The van der Waals surface area contributed by atoms with Gasteiger partial charge in [0.05, 0.1) is 11.1 Å². The zero-order valence-electron chi connectivity index (χ0n) is 18.1. The Kier molecular flexibility index (Phi) is 7.48. The number of carbonyl (C=O) groups is 2. The number of non-ortho nitro benzene ring substituents is 1. The van der Waals surface area contributed by atoms with Gasteiger partial charge in [0, 0.05) is 23.4 Å². The Balaban J connectivity index is 1.49. The molecule has 168 valence electrons. The Morgan fingerprint density at radius 1 is 1.06 bits per heavy atom. The molecule has 0 aliphatic heterocycles. The Morgan fingerprint density at radius 2 is 1.82 bits per heavy atom. The Morgan fingerprint density at radius 3 is 2.55 bits per heavy atom. The summed E-state index contributed by atoms with van der Waals surface area (Å²) in [5, 5.41) is 17.5. The number of hydrazone groups is 1. The molecule has 9 nitrogen and oxygen atoms in total. The third kappa shape index (κ3) is 6.73.